The van der Waals surface area contributed by atoms with Crippen LogP contribution in [-0.2, 0) is 14.3 Å². The number of rotatable bonds is 3. The van der Waals surface area contributed by atoms with Gasteiger partial charge >= 0.3 is 6.09 Å². The van der Waals surface area contributed by atoms with E-state index in [2.05, 4.69) is 10.6 Å². The van der Waals surface area contributed by atoms with Crippen LogP contribution in [0.5, 0.6) is 0 Å². The van der Waals surface area contributed by atoms with Crippen LogP contribution >= 0.6 is 0 Å². The van der Waals surface area contributed by atoms with Crippen molar-refractivity contribution in [3.8, 4) is 0 Å². The van der Waals surface area contributed by atoms with Crippen LogP contribution in [0.15, 0.2) is 18.2 Å². The van der Waals surface area contributed by atoms with Crippen LogP contribution in [0.1, 0.15) is 37.7 Å². The van der Waals surface area contributed by atoms with Gasteiger partial charge in [-0.2, -0.15) is 0 Å². The molecule has 1 aromatic rings. The lowest BCUT2D eigenvalue weighted by atomic mass is 9.89. The molecular formula is C18H22FN3O4. The van der Waals surface area contributed by atoms with Gasteiger partial charge in [-0.3, -0.25) is 9.59 Å². The molecule has 0 spiro atoms. The molecule has 26 heavy (non-hydrogen) atoms. The zero-order valence-corrected chi connectivity index (χ0v) is 14.6. The van der Waals surface area contributed by atoms with Gasteiger partial charge in [0.2, 0.25) is 11.8 Å². The number of hydrogen-bond donors (Lipinski definition) is 2. The van der Waals surface area contributed by atoms with Gasteiger partial charge in [-0.1, -0.05) is 6.07 Å². The molecule has 140 valence electrons. The number of piperidine rings is 1. The third kappa shape index (κ3) is 3.95. The van der Waals surface area contributed by atoms with E-state index in [1.165, 1.54) is 18.2 Å². The summed E-state index contributed by atoms with van der Waals surface area (Å²) in [6.07, 6.45) is 0.947. The van der Waals surface area contributed by atoms with Crippen molar-refractivity contribution in [1.82, 2.24) is 10.2 Å². The number of nitrogens with zero attached hydrogens (tertiary/aromatic N) is 1. The van der Waals surface area contributed by atoms with Crippen molar-refractivity contribution < 1.29 is 23.5 Å². The Bertz CT molecular complexity index is 716. The molecule has 8 heteroatoms. The zero-order valence-electron chi connectivity index (χ0n) is 14.6. The highest BCUT2D eigenvalue weighted by Gasteiger charge is 2.33. The smallest absolute Gasteiger partial charge is 0.409 e. The maximum Gasteiger partial charge on any atom is 0.409 e. The van der Waals surface area contributed by atoms with Gasteiger partial charge in [0.15, 0.2) is 0 Å². The van der Waals surface area contributed by atoms with E-state index in [9.17, 15) is 18.8 Å². The lowest BCUT2D eigenvalue weighted by Gasteiger charge is -2.33. The van der Waals surface area contributed by atoms with Gasteiger partial charge < -0.3 is 20.3 Å². The van der Waals surface area contributed by atoms with Gasteiger partial charge in [-0.15, -0.1) is 0 Å². The van der Waals surface area contributed by atoms with Crippen LogP contribution in [0.25, 0.3) is 0 Å². The molecule has 0 aliphatic carbocycles. The molecule has 3 amide bonds. The summed E-state index contributed by atoms with van der Waals surface area (Å²) in [5.41, 5.74) is 0.964. The highest BCUT2D eigenvalue weighted by atomic mass is 19.1. The van der Waals surface area contributed by atoms with Crippen LogP contribution < -0.4 is 10.6 Å². The minimum Gasteiger partial charge on any atom is -0.450 e. The number of amides is 3. The van der Waals surface area contributed by atoms with E-state index in [-0.39, 0.29) is 30.4 Å². The number of benzene rings is 1. The molecule has 1 atom stereocenters. The number of likely N-dealkylation sites (tertiary alicyclic amines) is 1. The number of anilines is 1. The highest BCUT2D eigenvalue weighted by Crippen LogP contribution is 2.33. The maximum absolute atomic E-state index is 13.4. The number of carbonyl (C=O) groups excluding carboxylic acids is 3. The lowest BCUT2D eigenvalue weighted by Crippen LogP contribution is -2.48. The average molecular weight is 363 g/mol. The Balaban J connectivity index is 1.61. The fourth-order valence-electron chi connectivity index (χ4n) is 3.39. The van der Waals surface area contributed by atoms with Gasteiger partial charge in [0.1, 0.15) is 5.82 Å². The Morgan fingerprint density at radius 2 is 2.08 bits per heavy atom. The molecular weight excluding hydrogens is 341 g/mol. The number of ether oxygens (including phenoxy) is 1. The Morgan fingerprint density at radius 3 is 2.77 bits per heavy atom. The van der Waals surface area contributed by atoms with E-state index in [0.717, 1.165) is 0 Å². The van der Waals surface area contributed by atoms with Gasteiger partial charge in [-0.25, -0.2) is 9.18 Å². The Hall–Kier alpha value is -2.64. The summed E-state index contributed by atoms with van der Waals surface area (Å²) in [5.74, 6) is -1.65. The number of carbonyl (C=O) groups is 3. The molecule has 1 fully saturated rings. The Labute approximate surface area is 150 Å². The van der Waals surface area contributed by atoms with Gasteiger partial charge in [0.05, 0.1) is 12.5 Å². The Morgan fingerprint density at radius 1 is 1.35 bits per heavy atom. The first-order chi connectivity index (χ1) is 12.5. The van der Waals surface area contributed by atoms with Crippen molar-refractivity contribution in [1.29, 1.82) is 0 Å². The molecule has 7 nitrogen and oxygen atoms in total. The third-order valence-electron chi connectivity index (χ3n) is 4.74. The van der Waals surface area contributed by atoms with E-state index in [0.29, 0.717) is 43.8 Å². The fourth-order valence-corrected chi connectivity index (χ4v) is 3.39. The fraction of sp³-hybridized carbons (Fsp3) is 0.500. The summed E-state index contributed by atoms with van der Waals surface area (Å²) >= 11 is 0. The maximum atomic E-state index is 13.4. The van der Waals surface area contributed by atoms with Crippen LogP contribution in [-0.4, -0.2) is 48.5 Å². The number of halogens is 1. The topological polar surface area (TPSA) is 87.7 Å². The second kappa shape index (κ2) is 7.72. The molecule has 1 aromatic carbocycles. The monoisotopic (exact) mass is 363 g/mol. The Kier molecular flexibility index (Phi) is 5.39. The van der Waals surface area contributed by atoms with Crippen LogP contribution in [0.3, 0.4) is 0 Å². The van der Waals surface area contributed by atoms with Gasteiger partial charge in [0.25, 0.3) is 0 Å². The van der Waals surface area contributed by atoms with Crippen molar-refractivity contribution in [3.05, 3.63) is 29.6 Å². The predicted molar refractivity (Wildman–Crippen MR) is 92.1 cm³/mol. The zero-order chi connectivity index (χ0) is 18.7. The quantitative estimate of drug-likeness (QED) is 0.860. The molecule has 2 heterocycles. The summed E-state index contributed by atoms with van der Waals surface area (Å²) in [5, 5.41) is 5.57. The minimum absolute atomic E-state index is 0.0339. The van der Waals surface area contributed by atoms with Crippen molar-refractivity contribution >= 4 is 23.6 Å². The summed E-state index contributed by atoms with van der Waals surface area (Å²) in [6, 6.07) is 3.98. The van der Waals surface area contributed by atoms with Crippen molar-refractivity contribution in [2.45, 2.75) is 38.1 Å². The van der Waals surface area contributed by atoms with E-state index in [1.807, 2.05) is 0 Å². The standard InChI is InChI=1S/C18H22FN3O4/c1-2-26-18(25)22-7-5-12(6-8-22)20-17(24)14-10-16(23)21-15-9-11(19)3-4-13(14)15/h3-4,9,12,14H,2,5-8,10H2,1H3,(H,20,24)(H,21,23)/t14-/m0/s1. The molecule has 0 radical (unpaired) electrons. The van der Waals surface area contributed by atoms with E-state index in [1.54, 1.807) is 11.8 Å². The van der Waals surface area contributed by atoms with Crippen molar-refractivity contribution in [2.24, 2.45) is 0 Å². The summed E-state index contributed by atoms with van der Waals surface area (Å²) in [7, 11) is 0. The van der Waals surface area contributed by atoms with E-state index >= 15 is 0 Å². The molecule has 3 rings (SSSR count). The van der Waals surface area contributed by atoms with Gasteiger partial charge in [0, 0.05) is 31.2 Å². The number of hydrogen-bond acceptors (Lipinski definition) is 4. The molecule has 2 aliphatic heterocycles. The first-order valence-corrected chi connectivity index (χ1v) is 8.79. The summed E-state index contributed by atoms with van der Waals surface area (Å²) < 4.78 is 18.4. The molecule has 2 aliphatic rings. The first-order valence-electron chi connectivity index (χ1n) is 8.79. The lowest BCUT2D eigenvalue weighted by molar-refractivity contribution is -0.127. The SMILES string of the molecule is CCOC(=O)N1CCC(NC(=O)[C@H]2CC(=O)Nc3cc(F)ccc32)CC1. The molecule has 0 aromatic heterocycles. The second-order valence-electron chi connectivity index (χ2n) is 6.51. The molecule has 2 N–H and O–H groups in total. The molecule has 0 saturated carbocycles. The minimum atomic E-state index is -0.637. The van der Waals surface area contributed by atoms with Crippen LogP contribution in [0.2, 0.25) is 0 Å². The summed E-state index contributed by atoms with van der Waals surface area (Å²) in [4.78, 5) is 37.9. The third-order valence-corrected chi connectivity index (χ3v) is 4.74. The summed E-state index contributed by atoms with van der Waals surface area (Å²) in [6.45, 7) is 3.11. The molecule has 0 bridgehead atoms. The van der Waals surface area contributed by atoms with Crippen molar-refractivity contribution in [3.63, 3.8) is 0 Å². The predicted octanol–water partition coefficient (Wildman–Crippen LogP) is 1.99. The first kappa shape index (κ1) is 18.2. The van der Waals surface area contributed by atoms with E-state index in [4.69, 9.17) is 4.74 Å². The molecule has 0 unspecified atom stereocenters. The van der Waals surface area contributed by atoms with Crippen molar-refractivity contribution in [2.75, 3.05) is 25.0 Å². The highest BCUT2D eigenvalue weighted by molar-refractivity contribution is 6.01. The van der Waals surface area contributed by atoms with Gasteiger partial charge in [-0.05, 0) is 37.5 Å². The normalized spacial score (nSPS) is 20.2. The largest absolute Gasteiger partial charge is 0.450 e. The molecule has 1 saturated heterocycles. The number of nitrogens with one attached hydrogen (secondary N) is 2. The second-order valence-corrected chi connectivity index (χ2v) is 6.51. The van der Waals surface area contributed by atoms with Crippen LogP contribution in [0, 0.1) is 5.82 Å². The number of fused-ring (bicyclic) bond motifs is 1. The van der Waals surface area contributed by atoms with E-state index < -0.39 is 11.7 Å². The van der Waals surface area contributed by atoms with Crippen LogP contribution in [0.4, 0.5) is 14.9 Å². The average Bonchev–Trinajstić information content (AvgIpc) is 2.61.